The summed E-state index contributed by atoms with van der Waals surface area (Å²) in [5.74, 6) is 1.13. The molecule has 1 aliphatic heterocycles. The number of ether oxygens (including phenoxy) is 1. The molecule has 0 aliphatic carbocycles. The van der Waals surface area contributed by atoms with Gasteiger partial charge in [-0.1, -0.05) is 25.5 Å². The first kappa shape index (κ1) is 26.1. The number of para-hydroxylation sites is 1. The first-order valence-corrected chi connectivity index (χ1v) is 13.9. The van der Waals surface area contributed by atoms with Crippen molar-refractivity contribution in [3.05, 3.63) is 53.0 Å². The molecule has 3 aromatic heterocycles. The molecule has 0 spiro atoms. The first-order chi connectivity index (χ1) is 18.4. The van der Waals surface area contributed by atoms with Crippen molar-refractivity contribution >= 4 is 49.9 Å². The largest absolute Gasteiger partial charge is 0.490 e. The highest BCUT2D eigenvalue weighted by Gasteiger charge is 2.24. The molecule has 1 aliphatic rings. The monoisotopic (exact) mass is 534 g/mol. The van der Waals surface area contributed by atoms with Gasteiger partial charge in [0.1, 0.15) is 34.0 Å². The second-order valence-corrected chi connectivity index (χ2v) is 10.7. The lowest BCUT2D eigenvalue weighted by molar-refractivity contribution is 0.100. The fraction of sp³-hybridized carbons (Fsp3) is 0.393. The molecule has 5 rings (SSSR count). The Morgan fingerprint density at radius 1 is 1.29 bits per heavy atom. The number of nitrogens with one attached hydrogen (secondary N) is 1. The number of aliphatic hydroxyl groups is 1. The number of hydrogen-bond donors (Lipinski definition) is 4. The standard InChI is InChI=1S/C28H34N6O3S/c1-2-5-17-14-23(33-28-24(17)25(29)26(38-28)27(30)36)34-12-9-18(10-13-34)32-15-19(35)16-37-22-8-11-31-21-7-4-3-6-20(21)22/h3-4,6-8,11,14,18-19,32,35H,2,5,9-10,12-13,15-16,29H2,1H3,(H2,30,36). The summed E-state index contributed by atoms with van der Waals surface area (Å²) in [7, 11) is 0. The van der Waals surface area contributed by atoms with Crippen LogP contribution in [0.2, 0.25) is 0 Å². The third-order valence-corrected chi connectivity index (χ3v) is 8.13. The SMILES string of the molecule is CCCc1cc(N2CCC(NCC(O)COc3ccnc4ccccc34)CC2)nc2sc(C(N)=O)c(N)c12. The molecule has 38 heavy (non-hydrogen) atoms. The van der Waals surface area contributed by atoms with Crippen molar-refractivity contribution in [3.63, 3.8) is 0 Å². The minimum Gasteiger partial charge on any atom is -0.490 e. The van der Waals surface area contributed by atoms with Crippen LogP contribution in [0.3, 0.4) is 0 Å². The van der Waals surface area contributed by atoms with Crippen molar-refractivity contribution in [2.24, 2.45) is 5.73 Å². The highest BCUT2D eigenvalue weighted by molar-refractivity contribution is 7.21. The lowest BCUT2D eigenvalue weighted by atomic mass is 10.0. The molecule has 1 fully saturated rings. The molecule has 4 aromatic rings. The van der Waals surface area contributed by atoms with E-state index < -0.39 is 12.0 Å². The summed E-state index contributed by atoms with van der Waals surface area (Å²) in [5, 5.41) is 15.8. The summed E-state index contributed by atoms with van der Waals surface area (Å²) < 4.78 is 5.90. The Morgan fingerprint density at radius 2 is 2.08 bits per heavy atom. The van der Waals surface area contributed by atoms with Crippen LogP contribution in [0.25, 0.3) is 21.1 Å². The maximum atomic E-state index is 11.8. The second-order valence-electron chi connectivity index (χ2n) is 9.74. The molecular formula is C28H34N6O3S. The summed E-state index contributed by atoms with van der Waals surface area (Å²) >= 11 is 1.27. The van der Waals surface area contributed by atoms with Crippen LogP contribution in [0.4, 0.5) is 11.5 Å². The Labute approximate surface area is 225 Å². The number of carbonyl (C=O) groups excluding carboxylic acids is 1. The van der Waals surface area contributed by atoms with Crippen LogP contribution in [0.1, 0.15) is 41.4 Å². The summed E-state index contributed by atoms with van der Waals surface area (Å²) in [5.41, 5.74) is 14.2. The number of aliphatic hydroxyl groups excluding tert-OH is 1. The number of aromatic nitrogens is 2. The second kappa shape index (κ2) is 11.5. The number of nitrogens with two attached hydrogens (primary N) is 2. The zero-order valence-electron chi connectivity index (χ0n) is 21.5. The van der Waals surface area contributed by atoms with E-state index in [1.165, 1.54) is 11.3 Å². The lowest BCUT2D eigenvalue weighted by Gasteiger charge is -2.34. The number of pyridine rings is 2. The van der Waals surface area contributed by atoms with Gasteiger partial charge in [0.25, 0.3) is 5.91 Å². The molecule has 1 unspecified atom stereocenters. The van der Waals surface area contributed by atoms with Crippen LogP contribution >= 0.6 is 11.3 Å². The molecule has 6 N–H and O–H groups in total. The predicted molar refractivity (Wildman–Crippen MR) is 153 cm³/mol. The van der Waals surface area contributed by atoms with Gasteiger partial charge in [0.15, 0.2) is 0 Å². The Hall–Kier alpha value is -3.47. The number of nitrogen functional groups attached to an aromatic ring is 1. The predicted octanol–water partition coefficient (Wildman–Crippen LogP) is 3.48. The van der Waals surface area contributed by atoms with Crippen molar-refractivity contribution in [3.8, 4) is 5.75 Å². The zero-order valence-corrected chi connectivity index (χ0v) is 22.3. The maximum absolute atomic E-state index is 11.8. The minimum absolute atomic E-state index is 0.210. The van der Waals surface area contributed by atoms with Crippen molar-refractivity contribution in [2.45, 2.75) is 44.8 Å². The van der Waals surface area contributed by atoms with E-state index in [0.29, 0.717) is 23.2 Å². The fourth-order valence-electron chi connectivity index (χ4n) is 5.05. The zero-order chi connectivity index (χ0) is 26.6. The Kier molecular flexibility index (Phi) is 7.92. The van der Waals surface area contributed by atoms with Crippen molar-refractivity contribution < 1.29 is 14.6 Å². The number of anilines is 2. The Bertz CT molecular complexity index is 1430. The number of nitrogens with zero attached hydrogens (tertiary/aromatic N) is 3. The lowest BCUT2D eigenvalue weighted by Crippen LogP contribution is -2.45. The Morgan fingerprint density at radius 3 is 2.84 bits per heavy atom. The Balaban J connectivity index is 1.16. The number of carbonyl (C=O) groups is 1. The first-order valence-electron chi connectivity index (χ1n) is 13.1. The van der Waals surface area contributed by atoms with Crippen LogP contribution < -0.4 is 26.4 Å². The van der Waals surface area contributed by atoms with Crippen LogP contribution in [0.15, 0.2) is 42.6 Å². The number of thiophene rings is 1. The van der Waals surface area contributed by atoms with Gasteiger partial charge in [-0.2, -0.15) is 0 Å². The highest BCUT2D eigenvalue weighted by Crippen LogP contribution is 2.37. The quantitative estimate of drug-likeness (QED) is 0.242. The number of rotatable bonds is 10. The fourth-order valence-corrected chi connectivity index (χ4v) is 6.04. The van der Waals surface area contributed by atoms with Gasteiger partial charge in [-0.15, -0.1) is 11.3 Å². The van der Waals surface area contributed by atoms with Gasteiger partial charge in [-0.25, -0.2) is 4.98 Å². The summed E-state index contributed by atoms with van der Waals surface area (Å²) in [6, 6.07) is 12.1. The van der Waals surface area contributed by atoms with E-state index in [1.807, 2.05) is 30.3 Å². The normalized spacial score (nSPS) is 15.3. The molecule has 0 bridgehead atoms. The number of benzene rings is 1. The number of fused-ring (bicyclic) bond motifs is 2. The number of primary amides is 1. The van der Waals surface area contributed by atoms with Gasteiger partial charge in [-0.3, -0.25) is 9.78 Å². The molecule has 9 nitrogen and oxygen atoms in total. The molecule has 1 amide bonds. The van der Waals surface area contributed by atoms with E-state index in [0.717, 1.165) is 77.0 Å². The molecule has 1 saturated heterocycles. The van der Waals surface area contributed by atoms with E-state index in [4.69, 9.17) is 21.2 Å². The van der Waals surface area contributed by atoms with Crippen LogP contribution in [0, 0.1) is 0 Å². The van der Waals surface area contributed by atoms with E-state index in [9.17, 15) is 9.90 Å². The van der Waals surface area contributed by atoms with Crippen molar-refractivity contribution in [1.82, 2.24) is 15.3 Å². The number of aryl methyl sites for hydroxylation is 1. The molecule has 200 valence electrons. The van der Waals surface area contributed by atoms with Crippen molar-refractivity contribution in [1.29, 1.82) is 0 Å². The molecule has 10 heteroatoms. The van der Waals surface area contributed by atoms with E-state index >= 15 is 0 Å². The van der Waals surface area contributed by atoms with Gasteiger partial charge in [0, 0.05) is 42.6 Å². The van der Waals surface area contributed by atoms with E-state index in [2.05, 4.69) is 28.2 Å². The smallest absolute Gasteiger partial charge is 0.260 e. The van der Waals surface area contributed by atoms with Gasteiger partial charge in [0.05, 0.1) is 11.2 Å². The third-order valence-electron chi connectivity index (χ3n) is 7.01. The molecular weight excluding hydrogens is 500 g/mol. The van der Waals surface area contributed by atoms with Crippen LogP contribution in [0.5, 0.6) is 5.75 Å². The van der Waals surface area contributed by atoms with Gasteiger partial charge < -0.3 is 31.5 Å². The highest BCUT2D eigenvalue weighted by atomic mass is 32.1. The average molecular weight is 535 g/mol. The summed E-state index contributed by atoms with van der Waals surface area (Å²) in [6.07, 6.45) is 4.80. The molecule has 0 saturated carbocycles. The van der Waals surface area contributed by atoms with Gasteiger partial charge >= 0.3 is 0 Å². The molecule has 1 aromatic carbocycles. The van der Waals surface area contributed by atoms with E-state index in [-0.39, 0.29) is 6.61 Å². The number of piperidine rings is 1. The van der Waals surface area contributed by atoms with Crippen LogP contribution in [-0.2, 0) is 6.42 Å². The molecule has 0 radical (unpaired) electrons. The van der Waals surface area contributed by atoms with E-state index in [1.54, 1.807) is 6.20 Å². The summed E-state index contributed by atoms with van der Waals surface area (Å²) in [4.78, 5) is 24.5. The maximum Gasteiger partial charge on any atom is 0.260 e. The van der Waals surface area contributed by atoms with Crippen LogP contribution in [-0.4, -0.2) is 59.4 Å². The van der Waals surface area contributed by atoms with Gasteiger partial charge in [0.2, 0.25) is 0 Å². The minimum atomic E-state index is -0.621. The third kappa shape index (κ3) is 5.52. The number of amides is 1. The topological polar surface area (TPSA) is 140 Å². The van der Waals surface area contributed by atoms with Gasteiger partial charge in [-0.05, 0) is 49.1 Å². The number of hydrogen-bond acceptors (Lipinski definition) is 9. The molecule has 1 atom stereocenters. The summed E-state index contributed by atoms with van der Waals surface area (Å²) in [6.45, 7) is 4.49. The average Bonchev–Trinajstić information content (AvgIpc) is 3.28. The molecule has 4 heterocycles. The van der Waals surface area contributed by atoms with Crippen molar-refractivity contribution in [2.75, 3.05) is 36.9 Å².